The van der Waals surface area contributed by atoms with Gasteiger partial charge in [-0.15, -0.1) is 5.66 Å². The lowest BCUT2D eigenvalue weighted by atomic mass is 10.0. The number of ketones is 1. The second-order valence-electron chi connectivity index (χ2n) is 16.2. The maximum atomic E-state index is 13.2. The smallest absolute Gasteiger partial charge is 0.107 e. The van der Waals surface area contributed by atoms with Crippen LogP contribution in [0.15, 0.2) is 0 Å². The molecule has 0 aromatic heterocycles. The molecule has 0 aliphatic rings. The zero-order valence-corrected chi connectivity index (χ0v) is 34.0. The molecule has 2 unspecified atom stereocenters. The molecule has 0 radical (unpaired) electrons. The highest BCUT2D eigenvalue weighted by Gasteiger charge is 2.15. The molecule has 0 spiro atoms. The molecule has 3 nitrogen and oxygen atoms in total. The molecule has 0 fully saturated rings. The van der Waals surface area contributed by atoms with Crippen LogP contribution in [0.3, 0.4) is 0 Å². The van der Waals surface area contributed by atoms with E-state index in [1.54, 1.807) is 0 Å². The van der Waals surface area contributed by atoms with E-state index in [0.29, 0.717) is 18.7 Å². The molecule has 0 saturated carbocycles. The fraction of sp³-hybridized carbons (Fsp3) is 0.977. The first kappa shape index (κ1) is 47.0. The van der Waals surface area contributed by atoms with Crippen LogP contribution in [-0.4, -0.2) is 54.6 Å². The number of Topliss-reactive ketones (excluding diaryl/α,β-unsaturated/α-hetero) is 1. The fourth-order valence-corrected chi connectivity index (χ4v) is 8.59. The Morgan fingerprint density at radius 3 is 1.04 bits per heavy atom. The van der Waals surface area contributed by atoms with Crippen molar-refractivity contribution in [1.29, 1.82) is 0 Å². The summed E-state index contributed by atoms with van der Waals surface area (Å²) in [6.45, 7) is 5.30. The number of unbranched alkanes of at least 4 members (excludes halogenated alkanes) is 30. The lowest BCUT2D eigenvalue weighted by molar-refractivity contribution is -0.871. The molecule has 47 heavy (non-hydrogen) atoms. The van der Waals surface area contributed by atoms with Crippen molar-refractivity contribution in [3.8, 4) is 0 Å². The van der Waals surface area contributed by atoms with Gasteiger partial charge in [-0.05, 0) is 12.3 Å². The zero-order chi connectivity index (χ0) is 34.7. The SMILES string of the molecule is CCCCCCCCCCCCCCCCCCCCCC([P-]C(O)C[N+](C)(C)C)C(=O)CCCCCCCCCCCCCCC. The van der Waals surface area contributed by atoms with Gasteiger partial charge < -0.3 is 23.0 Å². The minimum atomic E-state index is -0.407. The third-order valence-electron chi connectivity index (χ3n) is 10.0. The molecule has 0 saturated heterocycles. The number of hydrogen-bond donors (Lipinski definition) is 1. The lowest BCUT2D eigenvalue weighted by Crippen LogP contribution is -2.40. The molecule has 282 valence electrons. The Balaban J connectivity index is 3.93. The topological polar surface area (TPSA) is 37.3 Å². The molecule has 4 heteroatoms. The number of likely N-dealkylation sites (N-methyl/N-ethyl adjacent to an activating group) is 1. The maximum Gasteiger partial charge on any atom is 0.107 e. The first-order valence-electron chi connectivity index (χ1n) is 21.5. The van der Waals surface area contributed by atoms with Gasteiger partial charge in [-0.2, -0.15) is 0 Å². The Morgan fingerprint density at radius 1 is 0.468 bits per heavy atom. The van der Waals surface area contributed by atoms with E-state index in [1.165, 1.54) is 193 Å². The predicted molar refractivity (Wildman–Crippen MR) is 213 cm³/mol. The van der Waals surface area contributed by atoms with E-state index >= 15 is 0 Å². The molecule has 0 aromatic rings. The van der Waals surface area contributed by atoms with E-state index in [9.17, 15) is 9.90 Å². The Labute approximate surface area is 299 Å². The highest BCUT2D eigenvalue weighted by atomic mass is 31.1. The molecule has 0 amide bonds. The number of nitrogens with zero attached hydrogens (tertiary/aromatic N) is 1. The van der Waals surface area contributed by atoms with Crippen molar-refractivity contribution >= 4 is 14.4 Å². The number of quaternary nitrogens is 1. The molecule has 0 aliphatic carbocycles. The van der Waals surface area contributed by atoms with Gasteiger partial charge in [0.25, 0.3) is 0 Å². The first-order chi connectivity index (χ1) is 22.8. The van der Waals surface area contributed by atoms with E-state index in [1.807, 2.05) is 0 Å². The van der Waals surface area contributed by atoms with E-state index in [4.69, 9.17) is 0 Å². The number of hydrogen-bond acceptors (Lipinski definition) is 2. The van der Waals surface area contributed by atoms with Crippen LogP contribution in [0.4, 0.5) is 0 Å². The Hall–Kier alpha value is 0.0200. The summed E-state index contributed by atoms with van der Waals surface area (Å²) in [7, 11) is 7.33. The van der Waals surface area contributed by atoms with Crippen LogP contribution in [0.1, 0.15) is 232 Å². The summed E-state index contributed by atoms with van der Waals surface area (Å²) in [6.07, 6.45) is 45.5. The summed E-state index contributed by atoms with van der Waals surface area (Å²) < 4.78 is 0.743. The van der Waals surface area contributed by atoms with Crippen LogP contribution < -0.4 is 0 Å². The third kappa shape index (κ3) is 37.1. The van der Waals surface area contributed by atoms with Crippen molar-refractivity contribution in [2.45, 2.75) is 244 Å². The van der Waals surface area contributed by atoms with Crippen LogP contribution in [0.2, 0.25) is 0 Å². The number of aliphatic hydroxyl groups excluding tert-OH is 1. The van der Waals surface area contributed by atoms with Gasteiger partial charge in [-0.3, -0.25) is 0 Å². The lowest BCUT2D eigenvalue weighted by Gasteiger charge is -2.37. The minimum absolute atomic E-state index is 0.0275. The molecule has 2 atom stereocenters. The Morgan fingerprint density at radius 2 is 0.745 bits per heavy atom. The van der Waals surface area contributed by atoms with Gasteiger partial charge in [-0.1, -0.05) is 219 Å². The monoisotopic (exact) mass is 682 g/mol. The predicted octanol–water partition coefficient (Wildman–Crippen LogP) is 14.2. The standard InChI is InChI=1S/C43H88NO2P/c1-6-8-10-12-14-16-18-20-21-22-23-24-25-27-29-31-33-35-37-39-42(47-43(46)40-44(3,4)5)41(45)38-36-34-32-30-28-26-19-17-15-13-11-9-7-2/h42-43,46H,6-40H2,1-5H3. The summed E-state index contributed by atoms with van der Waals surface area (Å²) in [5.74, 6) is 0.00789. The van der Waals surface area contributed by atoms with Crippen LogP contribution in [0.5, 0.6) is 0 Å². The number of aliphatic hydroxyl groups is 1. The highest BCUT2D eigenvalue weighted by molar-refractivity contribution is 7.40. The van der Waals surface area contributed by atoms with E-state index in [-0.39, 0.29) is 5.66 Å². The largest absolute Gasteiger partial charge is 0.490 e. The van der Waals surface area contributed by atoms with Crippen molar-refractivity contribution in [3.05, 3.63) is 0 Å². The first-order valence-corrected chi connectivity index (χ1v) is 22.5. The van der Waals surface area contributed by atoms with Gasteiger partial charge in [0, 0.05) is 6.42 Å². The molecule has 0 heterocycles. The van der Waals surface area contributed by atoms with Gasteiger partial charge in [0.05, 0.1) is 27.7 Å². The highest BCUT2D eigenvalue weighted by Crippen LogP contribution is 2.31. The number of carbonyl (C=O) groups is 1. The summed E-state index contributed by atoms with van der Waals surface area (Å²) in [4.78, 5) is 13.2. The van der Waals surface area contributed by atoms with E-state index in [2.05, 4.69) is 35.0 Å². The van der Waals surface area contributed by atoms with Crippen LogP contribution >= 0.6 is 8.58 Å². The Kier molecular flexibility index (Phi) is 35.8. The van der Waals surface area contributed by atoms with Crippen LogP contribution in [0.25, 0.3) is 0 Å². The van der Waals surface area contributed by atoms with E-state index in [0.717, 1.165) is 32.3 Å². The second-order valence-corrected chi connectivity index (χ2v) is 17.7. The van der Waals surface area contributed by atoms with Gasteiger partial charge in [0.2, 0.25) is 0 Å². The summed E-state index contributed by atoms with van der Waals surface area (Å²) in [5, 5.41) is 10.8. The molecule has 0 bridgehead atoms. The maximum absolute atomic E-state index is 13.2. The molecule has 0 aromatic carbocycles. The summed E-state index contributed by atoms with van der Waals surface area (Å²) >= 11 is 0. The third-order valence-corrected chi connectivity index (χ3v) is 11.5. The van der Waals surface area contributed by atoms with Crippen LogP contribution in [-0.2, 0) is 4.79 Å². The van der Waals surface area contributed by atoms with Gasteiger partial charge >= 0.3 is 0 Å². The van der Waals surface area contributed by atoms with Crippen molar-refractivity contribution in [1.82, 2.24) is 0 Å². The normalized spacial score (nSPS) is 13.6. The van der Waals surface area contributed by atoms with Gasteiger partial charge in [0.1, 0.15) is 5.78 Å². The number of carbonyl (C=O) groups excluding carboxylic acids is 1. The quantitative estimate of drug-likeness (QED) is 0.0398. The van der Waals surface area contributed by atoms with Gasteiger partial charge in [0.15, 0.2) is 0 Å². The molecular weight excluding hydrogens is 593 g/mol. The minimum Gasteiger partial charge on any atom is -0.490 e. The average molecular weight is 682 g/mol. The average Bonchev–Trinajstić information content (AvgIpc) is 3.02. The van der Waals surface area contributed by atoms with Crippen LogP contribution in [0, 0.1) is 0 Å². The van der Waals surface area contributed by atoms with E-state index < -0.39 is 5.85 Å². The van der Waals surface area contributed by atoms with Crippen molar-refractivity contribution < 1.29 is 14.4 Å². The van der Waals surface area contributed by atoms with Gasteiger partial charge in [-0.25, -0.2) is 0 Å². The molecule has 0 rings (SSSR count). The summed E-state index contributed by atoms with van der Waals surface area (Å²) in [5.41, 5.74) is 0.0275. The van der Waals surface area contributed by atoms with Crippen molar-refractivity contribution in [2.75, 3.05) is 27.7 Å². The van der Waals surface area contributed by atoms with Crippen molar-refractivity contribution in [3.63, 3.8) is 0 Å². The molecular formula is C43H88NO2P. The number of rotatable bonds is 39. The molecule has 0 aliphatic heterocycles. The second kappa shape index (κ2) is 35.8. The Bertz CT molecular complexity index is 634. The molecule has 1 N–H and O–H groups in total. The zero-order valence-electron chi connectivity index (χ0n) is 33.2. The van der Waals surface area contributed by atoms with Crippen molar-refractivity contribution in [2.24, 2.45) is 0 Å². The summed E-state index contributed by atoms with van der Waals surface area (Å²) in [6, 6.07) is 0. The fourth-order valence-electron chi connectivity index (χ4n) is 6.96.